The Kier molecular flexibility index (Phi) is 5.91. The van der Waals surface area contributed by atoms with Gasteiger partial charge in [0.1, 0.15) is 0 Å². The molecule has 0 radical (unpaired) electrons. The molecule has 0 amide bonds. The first-order valence-electron chi connectivity index (χ1n) is 7.82. The molecule has 0 nitrogen and oxygen atoms in total. The van der Waals surface area contributed by atoms with Crippen LogP contribution in [0.3, 0.4) is 0 Å². The van der Waals surface area contributed by atoms with E-state index in [1.165, 1.54) is 44.1 Å². The second-order valence-electron chi connectivity index (χ2n) is 5.45. The smallest absolute Gasteiger partial charge is 0.00385 e. The molecule has 3 rings (SSSR count). The first-order chi connectivity index (χ1) is 8.73. The lowest BCUT2D eigenvalue weighted by Crippen LogP contribution is -2.32. The van der Waals surface area contributed by atoms with Gasteiger partial charge in [-0.1, -0.05) is 58.7 Å². The summed E-state index contributed by atoms with van der Waals surface area (Å²) >= 11 is 0. The zero-order valence-corrected chi connectivity index (χ0v) is 13.0. The predicted molar refractivity (Wildman–Crippen MR) is 82.3 cm³/mol. The van der Waals surface area contributed by atoms with Crippen LogP contribution in [-0.2, 0) is 11.8 Å². The molecular weight excluding hydrogens is 216 g/mol. The van der Waals surface area contributed by atoms with Crippen LogP contribution in [-0.4, -0.2) is 0 Å². The molecule has 0 N–H and O–H groups in total. The topological polar surface area (TPSA) is 0 Å². The molecular formula is C18H30. The third-order valence-corrected chi connectivity index (χ3v) is 4.07. The Hall–Kier alpha value is -0.780. The summed E-state index contributed by atoms with van der Waals surface area (Å²) in [6.07, 6.45) is 8.35. The Bertz CT molecular complexity index is 358. The van der Waals surface area contributed by atoms with Gasteiger partial charge in [-0.25, -0.2) is 0 Å². The summed E-state index contributed by atoms with van der Waals surface area (Å²) in [5, 5.41) is 0. The van der Waals surface area contributed by atoms with Crippen LogP contribution in [0.4, 0.5) is 0 Å². The van der Waals surface area contributed by atoms with Crippen LogP contribution in [0.15, 0.2) is 18.2 Å². The van der Waals surface area contributed by atoms with Crippen molar-refractivity contribution < 1.29 is 0 Å². The van der Waals surface area contributed by atoms with Crippen molar-refractivity contribution in [2.75, 3.05) is 0 Å². The van der Waals surface area contributed by atoms with Crippen LogP contribution >= 0.6 is 0 Å². The Balaban J connectivity index is 0.000000288. The van der Waals surface area contributed by atoms with Crippen molar-refractivity contribution in [3.05, 3.63) is 34.9 Å². The maximum Gasteiger partial charge on any atom is -0.00385 e. The van der Waals surface area contributed by atoms with Gasteiger partial charge in [0.15, 0.2) is 0 Å². The van der Waals surface area contributed by atoms with Gasteiger partial charge in [0.25, 0.3) is 0 Å². The van der Waals surface area contributed by atoms with E-state index in [1.54, 1.807) is 11.1 Å². The zero-order valence-electron chi connectivity index (χ0n) is 13.0. The normalized spacial score (nSPS) is 17.8. The first-order valence-corrected chi connectivity index (χ1v) is 7.82. The second kappa shape index (κ2) is 6.97. The molecule has 0 atom stereocenters. The standard InChI is InChI=1S/C13H16.C3H8.C2H6/c1-10-4-2-5-11-6-9-13(12(10)11)7-3-8-13;1-3-2;1-2/h2,4-5H,3,6-9H2,1H3;3H2,1-2H3;1-2H3. The van der Waals surface area contributed by atoms with Crippen LogP contribution in [0, 0.1) is 6.92 Å². The fourth-order valence-corrected chi connectivity index (χ4v) is 3.30. The molecule has 0 heteroatoms. The second-order valence-corrected chi connectivity index (χ2v) is 5.45. The minimum absolute atomic E-state index is 0.640. The highest BCUT2D eigenvalue weighted by Crippen LogP contribution is 2.53. The highest BCUT2D eigenvalue weighted by molar-refractivity contribution is 5.46. The predicted octanol–water partition coefficient (Wildman–Crippen LogP) is 5.81. The van der Waals surface area contributed by atoms with Gasteiger partial charge in [-0.15, -0.1) is 0 Å². The van der Waals surface area contributed by atoms with Crippen molar-refractivity contribution in [2.24, 2.45) is 0 Å². The number of hydrogen-bond donors (Lipinski definition) is 0. The molecule has 102 valence electrons. The van der Waals surface area contributed by atoms with Crippen LogP contribution in [0.5, 0.6) is 0 Å². The fraction of sp³-hybridized carbons (Fsp3) is 0.667. The molecule has 0 aromatic heterocycles. The van der Waals surface area contributed by atoms with Gasteiger partial charge >= 0.3 is 0 Å². The third-order valence-electron chi connectivity index (χ3n) is 4.07. The molecule has 18 heavy (non-hydrogen) atoms. The van der Waals surface area contributed by atoms with Gasteiger partial charge in [-0.2, -0.15) is 0 Å². The summed E-state index contributed by atoms with van der Waals surface area (Å²) in [6.45, 7) is 10.5. The molecule has 2 aliphatic carbocycles. The van der Waals surface area contributed by atoms with Gasteiger partial charge in [-0.05, 0) is 54.7 Å². The molecule has 0 bridgehead atoms. The van der Waals surface area contributed by atoms with E-state index < -0.39 is 0 Å². The van der Waals surface area contributed by atoms with Crippen molar-refractivity contribution >= 4 is 0 Å². The summed E-state index contributed by atoms with van der Waals surface area (Å²) in [5.41, 5.74) is 5.54. The van der Waals surface area contributed by atoms with Crippen LogP contribution in [0.1, 0.15) is 76.5 Å². The minimum atomic E-state index is 0.640. The molecule has 2 aliphatic rings. The number of rotatable bonds is 0. The minimum Gasteiger partial charge on any atom is -0.0683 e. The summed E-state index contributed by atoms with van der Waals surface area (Å²) in [5.74, 6) is 0. The Labute approximate surface area is 114 Å². The molecule has 1 spiro atoms. The van der Waals surface area contributed by atoms with Gasteiger partial charge in [0.05, 0.1) is 0 Å². The largest absolute Gasteiger partial charge is 0.0683 e. The zero-order chi connectivity index (χ0) is 13.6. The van der Waals surface area contributed by atoms with E-state index in [4.69, 9.17) is 0 Å². The Morgan fingerprint density at radius 3 is 2.17 bits per heavy atom. The number of fused-ring (bicyclic) bond motifs is 2. The molecule has 1 aromatic rings. The van der Waals surface area contributed by atoms with Crippen molar-refractivity contribution in [1.29, 1.82) is 0 Å². The maximum absolute atomic E-state index is 2.33. The number of benzene rings is 1. The van der Waals surface area contributed by atoms with Gasteiger partial charge in [0, 0.05) is 0 Å². The fourth-order valence-electron chi connectivity index (χ4n) is 3.30. The van der Waals surface area contributed by atoms with E-state index in [1.807, 2.05) is 13.8 Å². The molecule has 0 saturated heterocycles. The van der Waals surface area contributed by atoms with E-state index in [-0.39, 0.29) is 0 Å². The summed E-state index contributed by atoms with van der Waals surface area (Å²) in [4.78, 5) is 0. The summed E-state index contributed by atoms with van der Waals surface area (Å²) < 4.78 is 0. The Morgan fingerprint density at radius 2 is 1.67 bits per heavy atom. The van der Waals surface area contributed by atoms with Crippen LogP contribution < -0.4 is 0 Å². The summed E-state index contributed by atoms with van der Waals surface area (Å²) in [7, 11) is 0. The SMILES string of the molecule is CC.CCC.Cc1cccc2c1C1(CCC1)CC2. The molecule has 0 unspecified atom stereocenters. The van der Waals surface area contributed by atoms with Crippen molar-refractivity contribution in [3.63, 3.8) is 0 Å². The average Bonchev–Trinajstić information content (AvgIpc) is 2.73. The van der Waals surface area contributed by atoms with Crippen molar-refractivity contribution in [1.82, 2.24) is 0 Å². The molecule has 0 heterocycles. The highest BCUT2D eigenvalue weighted by Gasteiger charge is 2.43. The average molecular weight is 246 g/mol. The van der Waals surface area contributed by atoms with Gasteiger partial charge in [0.2, 0.25) is 0 Å². The van der Waals surface area contributed by atoms with Crippen LogP contribution in [0.25, 0.3) is 0 Å². The molecule has 1 fully saturated rings. The number of aryl methyl sites for hydroxylation is 2. The molecule has 0 aliphatic heterocycles. The lowest BCUT2D eigenvalue weighted by Gasteiger charge is -2.40. The first kappa shape index (κ1) is 15.3. The van der Waals surface area contributed by atoms with E-state index in [0.717, 1.165) is 0 Å². The lowest BCUT2D eigenvalue weighted by molar-refractivity contribution is 0.243. The number of hydrogen-bond acceptors (Lipinski definition) is 0. The van der Waals surface area contributed by atoms with Crippen LogP contribution in [0.2, 0.25) is 0 Å². The van der Waals surface area contributed by atoms with E-state index in [0.29, 0.717) is 5.41 Å². The molecule has 1 saturated carbocycles. The van der Waals surface area contributed by atoms with Gasteiger partial charge < -0.3 is 0 Å². The van der Waals surface area contributed by atoms with E-state index in [2.05, 4.69) is 39.0 Å². The molecule has 1 aromatic carbocycles. The monoisotopic (exact) mass is 246 g/mol. The van der Waals surface area contributed by atoms with E-state index in [9.17, 15) is 0 Å². The van der Waals surface area contributed by atoms with Crippen molar-refractivity contribution in [2.45, 2.75) is 78.6 Å². The quantitative estimate of drug-likeness (QED) is 0.542. The maximum atomic E-state index is 2.33. The van der Waals surface area contributed by atoms with Gasteiger partial charge in [-0.3, -0.25) is 0 Å². The van der Waals surface area contributed by atoms with E-state index >= 15 is 0 Å². The Morgan fingerprint density at radius 1 is 1.06 bits per heavy atom. The summed E-state index contributed by atoms with van der Waals surface area (Å²) in [6, 6.07) is 6.82. The highest BCUT2D eigenvalue weighted by atomic mass is 14.5. The van der Waals surface area contributed by atoms with Crippen molar-refractivity contribution in [3.8, 4) is 0 Å². The lowest BCUT2D eigenvalue weighted by atomic mass is 9.64. The third kappa shape index (κ3) is 2.79.